The number of hydrogen-bond acceptors (Lipinski definition) is 5. The third-order valence-corrected chi connectivity index (χ3v) is 7.19. The normalized spacial score (nSPS) is 16.8. The lowest BCUT2D eigenvalue weighted by atomic mass is 10.00. The maximum atomic E-state index is 12.8. The number of amides is 1. The molecule has 0 atom stereocenters. The van der Waals surface area contributed by atoms with E-state index in [2.05, 4.69) is 44.0 Å². The van der Waals surface area contributed by atoms with Crippen molar-refractivity contribution in [3.63, 3.8) is 0 Å². The first kappa shape index (κ1) is 21.1. The van der Waals surface area contributed by atoms with E-state index in [-0.39, 0.29) is 5.91 Å². The highest BCUT2D eigenvalue weighted by Crippen LogP contribution is 2.41. The molecule has 166 valence electrons. The van der Waals surface area contributed by atoms with E-state index < -0.39 is 0 Å². The van der Waals surface area contributed by atoms with E-state index in [0.717, 1.165) is 46.9 Å². The lowest BCUT2D eigenvalue weighted by Gasteiger charge is -2.31. The van der Waals surface area contributed by atoms with Crippen molar-refractivity contribution in [2.24, 2.45) is 5.92 Å². The smallest absolute Gasteiger partial charge is 0.234 e. The fraction of sp³-hybridized carbons (Fsp3) is 0.400. The first-order valence-corrected chi connectivity index (χ1v) is 12.4. The quantitative estimate of drug-likeness (QED) is 0.502. The minimum absolute atomic E-state index is 0.0305. The number of piperidine rings is 1. The van der Waals surface area contributed by atoms with Gasteiger partial charge in [-0.2, -0.15) is 0 Å². The predicted molar refractivity (Wildman–Crippen MR) is 130 cm³/mol. The number of carbonyl (C=O) groups excluding carboxylic acids is 1. The topological polar surface area (TPSA) is 63.1 Å². The number of benzene rings is 2. The number of anilines is 2. The zero-order valence-electron chi connectivity index (χ0n) is 18.4. The highest BCUT2D eigenvalue weighted by Gasteiger charge is 2.32. The summed E-state index contributed by atoms with van der Waals surface area (Å²) in [6.07, 6.45) is 4.73. The average Bonchev–Trinajstić information content (AvgIpc) is 3.58. The van der Waals surface area contributed by atoms with Crippen molar-refractivity contribution < 1.29 is 4.79 Å². The molecule has 3 aromatic rings. The maximum Gasteiger partial charge on any atom is 0.234 e. The van der Waals surface area contributed by atoms with Crippen LogP contribution in [0.5, 0.6) is 0 Å². The van der Waals surface area contributed by atoms with Crippen molar-refractivity contribution in [2.75, 3.05) is 29.1 Å². The summed E-state index contributed by atoms with van der Waals surface area (Å²) in [4.78, 5) is 15.2. The maximum absolute atomic E-state index is 12.8. The number of aromatic nitrogens is 3. The summed E-state index contributed by atoms with van der Waals surface area (Å²) in [5.74, 6) is 2.04. The minimum atomic E-state index is -0.0305. The Labute approximate surface area is 193 Å². The van der Waals surface area contributed by atoms with Crippen LogP contribution in [-0.4, -0.2) is 39.5 Å². The van der Waals surface area contributed by atoms with Crippen molar-refractivity contribution >= 4 is 29.3 Å². The predicted octanol–water partition coefficient (Wildman–Crippen LogP) is 5.25. The number of nitrogens with zero attached hydrogens (tertiary/aromatic N) is 4. The third kappa shape index (κ3) is 4.67. The molecule has 1 aliphatic heterocycles. The lowest BCUT2D eigenvalue weighted by molar-refractivity contribution is -0.113. The second kappa shape index (κ2) is 9.36. The summed E-state index contributed by atoms with van der Waals surface area (Å²) >= 11 is 1.48. The molecule has 7 heteroatoms. The summed E-state index contributed by atoms with van der Waals surface area (Å²) in [5, 5.41) is 12.9. The van der Waals surface area contributed by atoms with Crippen LogP contribution in [0.25, 0.3) is 11.1 Å². The van der Waals surface area contributed by atoms with Gasteiger partial charge < -0.3 is 10.2 Å². The lowest BCUT2D eigenvalue weighted by Crippen LogP contribution is -2.34. The number of carbonyl (C=O) groups is 1. The molecule has 1 N–H and O–H groups in total. The van der Waals surface area contributed by atoms with E-state index in [4.69, 9.17) is 0 Å². The van der Waals surface area contributed by atoms with E-state index >= 15 is 0 Å². The molecule has 2 fully saturated rings. The first-order chi connectivity index (χ1) is 15.7. The van der Waals surface area contributed by atoms with Crippen molar-refractivity contribution in [3.05, 3.63) is 54.6 Å². The van der Waals surface area contributed by atoms with Crippen molar-refractivity contribution in [2.45, 2.75) is 43.8 Å². The van der Waals surface area contributed by atoms with Gasteiger partial charge >= 0.3 is 0 Å². The monoisotopic (exact) mass is 447 g/mol. The number of thioether (sulfide) groups is 1. The van der Waals surface area contributed by atoms with Crippen LogP contribution >= 0.6 is 11.8 Å². The Balaban J connectivity index is 1.27. The van der Waals surface area contributed by atoms with Crippen LogP contribution in [0, 0.1) is 5.92 Å². The minimum Gasteiger partial charge on any atom is -0.341 e. The van der Waals surface area contributed by atoms with E-state index in [1.165, 1.54) is 37.4 Å². The average molecular weight is 448 g/mol. The molecule has 1 aromatic heterocycles. The van der Waals surface area contributed by atoms with Crippen LogP contribution in [0.2, 0.25) is 0 Å². The Morgan fingerprint density at radius 3 is 2.47 bits per heavy atom. The van der Waals surface area contributed by atoms with Gasteiger partial charge in [0.25, 0.3) is 0 Å². The Kier molecular flexibility index (Phi) is 6.17. The van der Waals surface area contributed by atoms with Crippen LogP contribution in [0.3, 0.4) is 0 Å². The number of para-hydroxylation sites is 1. The van der Waals surface area contributed by atoms with Crippen LogP contribution in [-0.2, 0) is 4.79 Å². The van der Waals surface area contributed by atoms with Gasteiger partial charge in [0.05, 0.1) is 5.75 Å². The number of hydrogen-bond donors (Lipinski definition) is 1. The first-order valence-electron chi connectivity index (χ1n) is 11.5. The highest BCUT2D eigenvalue weighted by molar-refractivity contribution is 7.99. The molecule has 0 bridgehead atoms. The number of rotatable bonds is 7. The van der Waals surface area contributed by atoms with Gasteiger partial charge in [0.2, 0.25) is 11.9 Å². The fourth-order valence-electron chi connectivity index (χ4n) is 4.22. The van der Waals surface area contributed by atoms with Crippen molar-refractivity contribution in [1.82, 2.24) is 14.8 Å². The van der Waals surface area contributed by atoms with Gasteiger partial charge in [0.1, 0.15) is 0 Å². The van der Waals surface area contributed by atoms with Gasteiger partial charge in [0, 0.05) is 30.4 Å². The van der Waals surface area contributed by atoms with Crippen LogP contribution in [0.4, 0.5) is 11.6 Å². The van der Waals surface area contributed by atoms with Crippen LogP contribution in [0.1, 0.15) is 38.6 Å². The molecule has 6 nitrogen and oxygen atoms in total. The van der Waals surface area contributed by atoms with E-state index in [1.807, 2.05) is 42.5 Å². The second-order valence-corrected chi connectivity index (χ2v) is 9.74. The molecule has 0 unspecified atom stereocenters. The molecule has 5 rings (SSSR count). The van der Waals surface area contributed by atoms with Crippen LogP contribution in [0.15, 0.2) is 59.8 Å². The Morgan fingerprint density at radius 2 is 1.72 bits per heavy atom. The molecule has 0 spiro atoms. The summed E-state index contributed by atoms with van der Waals surface area (Å²) in [6.45, 7) is 4.39. The molecule has 1 saturated carbocycles. The summed E-state index contributed by atoms with van der Waals surface area (Å²) in [6, 6.07) is 18.5. The second-order valence-electron chi connectivity index (χ2n) is 8.80. The molecular weight excluding hydrogens is 418 g/mol. The highest BCUT2D eigenvalue weighted by atomic mass is 32.2. The zero-order chi connectivity index (χ0) is 21.9. The van der Waals surface area contributed by atoms with Gasteiger partial charge in [-0.1, -0.05) is 67.2 Å². The zero-order valence-corrected chi connectivity index (χ0v) is 19.2. The van der Waals surface area contributed by atoms with Crippen LogP contribution < -0.4 is 10.2 Å². The Bertz CT molecular complexity index is 1070. The molecule has 1 amide bonds. The molecule has 2 aliphatic rings. The number of nitrogens with one attached hydrogen (secondary N) is 1. The summed E-state index contributed by atoms with van der Waals surface area (Å²) in [7, 11) is 0. The molecule has 1 aliphatic carbocycles. The standard InChI is InChI=1S/C25H29N5OS/c1-18-13-15-29(16-14-18)24-27-28-25(30(24)20-11-12-20)32-17-23(31)26-22-10-6-5-9-21(22)19-7-3-2-4-8-19/h2-10,18,20H,11-17H2,1H3,(H,26,31). The summed E-state index contributed by atoms with van der Waals surface area (Å²) < 4.78 is 2.27. The Morgan fingerprint density at radius 1 is 1.00 bits per heavy atom. The molecule has 1 saturated heterocycles. The molecule has 2 aromatic carbocycles. The fourth-order valence-corrected chi connectivity index (χ4v) is 5.02. The third-order valence-electron chi connectivity index (χ3n) is 6.24. The summed E-state index contributed by atoms with van der Waals surface area (Å²) in [5.41, 5.74) is 2.94. The van der Waals surface area contributed by atoms with Crippen molar-refractivity contribution in [3.8, 4) is 11.1 Å². The van der Waals surface area contributed by atoms with Gasteiger partial charge in [-0.25, -0.2) is 0 Å². The van der Waals surface area contributed by atoms with Gasteiger partial charge in [-0.15, -0.1) is 10.2 Å². The van der Waals surface area contributed by atoms with Crippen molar-refractivity contribution in [1.29, 1.82) is 0 Å². The van der Waals surface area contributed by atoms with E-state index in [0.29, 0.717) is 11.8 Å². The molecule has 0 radical (unpaired) electrons. The van der Waals surface area contributed by atoms with Gasteiger partial charge in [-0.05, 0) is 43.2 Å². The van der Waals surface area contributed by atoms with Gasteiger partial charge in [0.15, 0.2) is 5.16 Å². The molecular formula is C25H29N5OS. The van der Waals surface area contributed by atoms with E-state index in [1.54, 1.807) is 0 Å². The molecule has 32 heavy (non-hydrogen) atoms. The molecule has 2 heterocycles. The largest absolute Gasteiger partial charge is 0.341 e. The van der Waals surface area contributed by atoms with E-state index in [9.17, 15) is 4.79 Å². The van der Waals surface area contributed by atoms with Gasteiger partial charge in [-0.3, -0.25) is 9.36 Å². The Hall–Kier alpha value is -2.80. The SMILES string of the molecule is CC1CCN(c2nnc(SCC(=O)Nc3ccccc3-c3ccccc3)n2C2CC2)CC1.